The highest BCUT2D eigenvalue weighted by Crippen LogP contribution is 2.19. The molecule has 2 aromatic carbocycles. The summed E-state index contributed by atoms with van der Waals surface area (Å²) in [5.74, 6) is 0.0315. The predicted octanol–water partition coefficient (Wildman–Crippen LogP) is 3.05. The third kappa shape index (κ3) is 4.27. The fourth-order valence-electron chi connectivity index (χ4n) is 3.22. The lowest BCUT2D eigenvalue weighted by Crippen LogP contribution is -2.37. The highest BCUT2D eigenvalue weighted by atomic mass is 16.2. The van der Waals surface area contributed by atoms with Gasteiger partial charge in [0.2, 0.25) is 11.8 Å². The number of benzene rings is 2. The highest BCUT2D eigenvalue weighted by molar-refractivity contribution is 5.84. The third-order valence-corrected chi connectivity index (χ3v) is 4.79. The first-order chi connectivity index (χ1) is 12.1. The summed E-state index contributed by atoms with van der Waals surface area (Å²) in [4.78, 5) is 28.9. The average molecular weight is 336 g/mol. The zero-order valence-corrected chi connectivity index (χ0v) is 14.6. The number of rotatable bonds is 4. The Morgan fingerprint density at radius 1 is 0.960 bits per heavy atom. The van der Waals surface area contributed by atoms with E-state index in [0.717, 1.165) is 11.1 Å². The molecule has 0 spiro atoms. The molecule has 0 aliphatic carbocycles. The van der Waals surface area contributed by atoms with Crippen LogP contribution in [-0.2, 0) is 16.1 Å². The van der Waals surface area contributed by atoms with Gasteiger partial charge in [-0.1, -0.05) is 60.7 Å². The normalized spacial score (nSPS) is 16.4. The van der Waals surface area contributed by atoms with Gasteiger partial charge >= 0.3 is 0 Å². The van der Waals surface area contributed by atoms with Crippen LogP contribution in [0.4, 0.5) is 0 Å². The van der Waals surface area contributed by atoms with Gasteiger partial charge < -0.3 is 9.80 Å². The van der Waals surface area contributed by atoms with Crippen molar-refractivity contribution in [3.05, 3.63) is 71.8 Å². The summed E-state index contributed by atoms with van der Waals surface area (Å²) in [6.07, 6.45) is 0.389. The van der Waals surface area contributed by atoms with E-state index in [1.807, 2.05) is 77.4 Å². The average Bonchev–Trinajstić information content (AvgIpc) is 2.84. The summed E-state index contributed by atoms with van der Waals surface area (Å²) in [5, 5.41) is 0. The quantitative estimate of drug-likeness (QED) is 0.861. The summed E-state index contributed by atoms with van der Waals surface area (Å²) in [7, 11) is 0. The topological polar surface area (TPSA) is 40.6 Å². The zero-order chi connectivity index (χ0) is 17.6. The molecule has 0 radical (unpaired) electrons. The minimum Gasteiger partial charge on any atom is -0.340 e. The van der Waals surface area contributed by atoms with Crippen LogP contribution in [0.1, 0.15) is 30.4 Å². The number of hydrogen-bond acceptors (Lipinski definition) is 2. The zero-order valence-electron chi connectivity index (χ0n) is 14.6. The Morgan fingerprint density at radius 2 is 1.60 bits per heavy atom. The number of amides is 2. The lowest BCUT2D eigenvalue weighted by molar-refractivity contribution is -0.132. The number of carbonyl (C=O) groups is 2. The number of hydrogen-bond donors (Lipinski definition) is 0. The van der Waals surface area contributed by atoms with Crippen molar-refractivity contribution in [2.75, 3.05) is 19.6 Å². The molecule has 2 amide bonds. The molecule has 2 aromatic rings. The van der Waals surface area contributed by atoms with E-state index < -0.39 is 0 Å². The van der Waals surface area contributed by atoms with Gasteiger partial charge in [-0.3, -0.25) is 9.59 Å². The van der Waals surface area contributed by atoms with Crippen LogP contribution in [0.15, 0.2) is 60.7 Å². The van der Waals surface area contributed by atoms with E-state index >= 15 is 0 Å². The van der Waals surface area contributed by atoms with Crippen LogP contribution in [0.5, 0.6) is 0 Å². The number of carbonyl (C=O) groups excluding carboxylic acids is 2. The summed E-state index contributed by atoms with van der Waals surface area (Å²) < 4.78 is 0. The molecule has 130 valence electrons. The van der Waals surface area contributed by atoms with E-state index in [4.69, 9.17) is 0 Å². The Morgan fingerprint density at radius 3 is 2.28 bits per heavy atom. The minimum atomic E-state index is -0.183. The molecule has 0 N–H and O–H groups in total. The molecule has 4 heteroatoms. The molecule has 1 atom stereocenters. The van der Waals surface area contributed by atoms with Crippen LogP contribution in [0.25, 0.3) is 0 Å². The van der Waals surface area contributed by atoms with Gasteiger partial charge in [0, 0.05) is 32.6 Å². The molecule has 1 fully saturated rings. The van der Waals surface area contributed by atoms with Crippen molar-refractivity contribution in [3.8, 4) is 0 Å². The first-order valence-corrected chi connectivity index (χ1v) is 8.80. The van der Waals surface area contributed by atoms with Crippen LogP contribution >= 0.6 is 0 Å². The van der Waals surface area contributed by atoms with Crippen LogP contribution in [0.3, 0.4) is 0 Å². The van der Waals surface area contributed by atoms with Crippen molar-refractivity contribution in [3.63, 3.8) is 0 Å². The predicted molar refractivity (Wildman–Crippen MR) is 97.9 cm³/mol. The van der Waals surface area contributed by atoms with E-state index in [2.05, 4.69) is 0 Å². The van der Waals surface area contributed by atoms with Crippen molar-refractivity contribution in [1.82, 2.24) is 9.80 Å². The maximum atomic E-state index is 12.8. The molecule has 1 aliphatic rings. The maximum Gasteiger partial charge on any atom is 0.229 e. The van der Waals surface area contributed by atoms with Crippen molar-refractivity contribution in [1.29, 1.82) is 0 Å². The second-order valence-electron chi connectivity index (χ2n) is 6.51. The van der Waals surface area contributed by atoms with E-state index in [9.17, 15) is 9.59 Å². The molecule has 0 unspecified atom stereocenters. The summed E-state index contributed by atoms with van der Waals surface area (Å²) in [6.45, 7) is 4.22. The Kier molecular flexibility index (Phi) is 5.49. The van der Waals surface area contributed by atoms with Crippen LogP contribution in [0.2, 0.25) is 0 Å². The Hall–Kier alpha value is -2.62. The van der Waals surface area contributed by atoms with Gasteiger partial charge in [-0.2, -0.15) is 0 Å². The van der Waals surface area contributed by atoms with Crippen LogP contribution in [0, 0.1) is 0 Å². The molecular weight excluding hydrogens is 312 g/mol. The minimum absolute atomic E-state index is 0.0977. The van der Waals surface area contributed by atoms with Crippen molar-refractivity contribution < 1.29 is 9.59 Å². The first-order valence-electron chi connectivity index (χ1n) is 8.80. The monoisotopic (exact) mass is 336 g/mol. The molecule has 0 aromatic heterocycles. The van der Waals surface area contributed by atoms with Crippen LogP contribution < -0.4 is 0 Å². The summed E-state index contributed by atoms with van der Waals surface area (Å²) in [5.41, 5.74) is 2.14. The number of nitrogens with zero attached hydrogens (tertiary/aromatic N) is 2. The second kappa shape index (κ2) is 7.97. The standard InChI is InChI=1S/C21H24N2O2/c1-17(19-10-6-3-7-11-19)21(25)22-13-12-20(24)23(15-14-22)16-18-8-4-2-5-9-18/h2-11,17H,12-16H2,1H3/t17-/m1/s1. The van der Waals surface area contributed by atoms with Gasteiger partial charge in [-0.15, -0.1) is 0 Å². The fourth-order valence-corrected chi connectivity index (χ4v) is 3.22. The van der Waals surface area contributed by atoms with E-state index in [1.54, 1.807) is 0 Å². The third-order valence-electron chi connectivity index (χ3n) is 4.79. The highest BCUT2D eigenvalue weighted by Gasteiger charge is 2.27. The molecule has 3 rings (SSSR count). The van der Waals surface area contributed by atoms with Gasteiger partial charge in [0.15, 0.2) is 0 Å². The summed E-state index contributed by atoms with van der Waals surface area (Å²) >= 11 is 0. The summed E-state index contributed by atoms with van der Waals surface area (Å²) in [6, 6.07) is 19.8. The molecule has 1 heterocycles. The van der Waals surface area contributed by atoms with Gasteiger partial charge in [-0.05, 0) is 18.1 Å². The first kappa shape index (κ1) is 17.2. The fraction of sp³-hybridized carbons (Fsp3) is 0.333. The van der Waals surface area contributed by atoms with Crippen LogP contribution in [-0.4, -0.2) is 41.2 Å². The smallest absolute Gasteiger partial charge is 0.229 e. The Bertz CT molecular complexity index is 715. The molecule has 1 aliphatic heterocycles. The lowest BCUT2D eigenvalue weighted by atomic mass is 10.00. The van der Waals surface area contributed by atoms with Crippen molar-refractivity contribution in [2.24, 2.45) is 0 Å². The second-order valence-corrected chi connectivity index (χ2v) is 6.51. The Labute approximate surface area is 149 Å². The van der Waals surface area contributed by atoms with Gasteiger partial charge in [0.05, 0.1) is 5.92 Å². The van der Waals surface area contributed by atoms with Crippen molar-refractivity contribution >= 4 is 11.8 Å². The molecule has 4 nitrogen and oxygen atoms in total. The molecule has 0 bridgehead atoms. The van der Waals surface area contributed by atoms with E-state index in [1.165, 1.54) is 0 Å². The van der Waals surface area contributed by atoms with Gasteiger partial charge in [0.1, 0.15) is 0 Å². The Balaban J connectivity index is 1.64. The molecular formula is C21H24N2O2. The molecule has 25 heavy (non-hydrogen) atoms. The molecule has 0 saturated carbocycles. The molecule has 1 saturated heterocycles. The van der Waals surface area contributed by atoms with Gasteiger partial charge in [-0.25, -0.2) is 0 Å². The lowest BCUT2D eigenvalue weighted by Gasteiger charge is -2.25. The van der Waals surface area contributed by atoms with Crippen molar-refractivity contribution in [2.45, 2.75) is 25.8 Å². The largest absolute Gasteiger partial charge is 0.340 e. The van der Waals surface area contributed by atoms with Gasteiger partial charge in [0.25, 0.3) is 0 Å². The maximum absolute atomic E-state index is 12.8. The van der Waals surface area contributed by atoms with E-state index in [0.29, 0.717) is 32.6 Å². The SMILES string of the molecule is C[C@@H](C(=O)N1CCC(=O)N(Cc2ccccc2)CC1)c1ccccc1. The van der Waals surface area contributed by atoms with E-state index in [-0.39, 0.29) is 17.7 Å².